The van der Waals surface area contributed by atoms with Crippen LogP contribution < -0.4 is 20.1 Å². The topological polar surface area (TPSA) is 109 Å². The number of anilines is 2. The first kappa shape index (κ1) is 30.1. The van der Waals surface area contributed by atoms with Gasteiger partial charge in [0.15, 0.2) is 17.3 Å². The van der Waals surface area contributed by atoms with Crippen molar-refractivity contribution in [1.82, 2.24) is 25.1 Å². The average molecular weight is 589 g/mol. The zero-order valence-corrected chi connectivity index (χ0v) is 23.7. The highest BCUT2D eigenvalue weighted by Gasteiger charge is 2.33. The van der Waals surface area contributed by atoms with E-state index in [1.165, 1.54) is 24.4 Å². The lowest BCUT2D eigenvalue weighted by molar-refractivity contribution is -0.144. The summed E-state index contributed by atoms with van der Waals surface area (Å²) in [6, 6.07) is 4.94. The molecule has 0 bridgehead atoms. The highest BCUT2D eigenvalue weighted by Crippen LogP contribution is 2.37. The number of benzene rings is 2. The number of fused-ring (bicyclic) bond motifs is 1. The smallest absolute Gasteiger partial charge is 0.252 e. The van der Waals surface area contributed by atoms with Gasteiger partial charge in [0.05, 0.1) is 24.4 Å². The third-order valence-corrected chi connectivity index (χ3v) is 6.98. The molecule has 0 spiro atoms. The van der Waals surface area contributed by atoms with E-state index in [1.807, 2.05) is 19.0 Å². The summed E-state index contributed by atoms with van der Waals surface area (Å²) in [5.74, 6) is -1.65. The number of aromatic nitrogens is 2. The number of methoxy groups -OCH3 is 1. The molecule has 2 heterocycles. The van der Waals surface area contributed by atoms with E-state index < -0.39 is 28.6 Å². The summed E-state index contributed by atoms with van der Waals surface area (Å²) in [6.45, 7) is 4.75. The van der Waals surface area contributed by atoms with Crippen LogP contribution in [0.3, 0.4) is 0 Å². The lowest BCUT2D eigenvalue weighted by Crippen LogP contribution is -2.54. The van der Waals surface area contributed by atoms with Gasteiger partial charge in [-0.05, 0) is 51.3 Å². The van der Waals surface area contributed by atoms with Crippen molar-refractivity contribution in [2.24, 2.45) is 0 Å². The molecule has 1 aliphatic rings. The van der Waals surface area contributed by atoms with Crippen LogP contribution in [-0.4, -0.2) is 84.6 Å². The number of ether oxygens (including phenoxy) is 2. The Labute approximate surface area is 241 Å². The van der Waals surface area contributed by atoms with Crippen molar-refractivity contribution in [3.63, 3.8) is 0 Å². The molecule has 1 aromatic heterocycles. The molecule has 10 nitrogen and oxygen atoms in total. The zero-order chi connectivity index (χ0) is 29.7. The highest BCUT2D eigenvalue weighted by atomic mass is 35.5. The normalized spacial score (nSPS) is 16.9. The zero-order valence-electron chi connectivity index (χ0n) is 22.9. The molecule has 2 atom stereocenters. The average Bonchev–Trinajstić information content (AvgIpc) is 2.97. The maximum absolute atomic E-state index is 14.6. The summed E-state index contributed by atoms with van der Waals surface area (Å²) in [4.78, 5) is 37.3. The minimum absolute atomic E-state index is 0.0673. The quantitative estimate of drug-likeness (QED) is 0.269. The van der Waals surface area contributed by atoms with Gasteiger partial charge in [0, 0.05) is 31.0 Å². The monoisotopic (exact) mass is 588 g/mol. The van der Waals surface area contributed by atoms with Crippen molar-refractivity contribution in [3.8, 4) is 11.5 Å². The fourth-order valence-corrected chi connectivity index (χ4v) is 4.61. The van der Waals surface area contributed by atoms with Crippen LogP contribution in [0, 0.1) is 11.6 Å². The number of piperidine rings is 1. The van der Waals surface area contributed by atoms with Crippen LogP contribution >= 0.6 is 11.6 Å². The van der Waals surface area contributed by atoms with Crippen LogP contribution in [0.15, 0.2) is 43.2 Å². The minimum atomic E-state index is -0.955. The van der Waals surface area contributed by atoms with Gasteiger partial charge in [0.1, 0.15) is 29.1 Å². The molecule has 13 heteroatoms. The van der Waals surface area contributed by atoms with Gasteiger partial charge in [0.25, 0.3) is 5.91 Å². The molecule has 2 aromatic carbocycles. The van der Waals surface area contributed by atoms with E-state index >= 15 is 0 Å². The fraction of sp³-hybridized carbons (Fsp3) is 0.357. The Morgan fingerprint density at radius 2 is 2.00 bits per heavy atom. The number of imide groups is 1. The van der Waals surface area contributed by atoms with E-state index in [-0.39, 0.29) is 30.1 Å². The number of hydrogen-bond donors (Lipinski definition) is 2. The second kappa shape index (κ2) is 13.2. The molecule has 1 aliphatic heterocycles. The number of halogens is 3. The van der Waals surface area contributed by atoms with Gasteiger partial charge >= 0.3 is 0 Å². The number of nitrogens with zero attached hydrogens (tertiary/aromatic N) is 4. The van der Waals surface area contributed by atoms with E-state index in [9.17, 15) is 18.4 Å². The number of carbonyl (C=O) groups excluding carboxylic acids is 2. The van der Waals surface area contributed by atoms with Crippen molar-refractivity contribution in [2.75, 3.05) is 46.2 Å². The molecule has 1 fully saturated rings. The minimum Gasteiger partial charge on any atom is -0.493 e. The Morgan fingerprint density at radius 1 is 1.22 bits per heavy atom. The molecule has 218 valence electrons. The van der Waals surface area contributed by atoms with Crippen LogP contribution in [0.25, 0.3) is 10.9 Å². The third-order valence-electron chi connectivity index (χ3n) is 6.63. The first-order valence-corrected chi connectivity index (χ1v) is 13.3. The number of nitrogens with one attached hydrogen (secondary N) is 2. The first-order valence-electron chi connectivity index (χ1n) is 12.9. The van der Waals surface area contributed by atoms with Gasteiger partial charge in [-0.1, -0.05) is 18.2 Å². The molecule has 0 aliphatic carbocycles. The number of rotatable bonds is 10. The molecule has 2 unspecified atom stereocenters. The van der Waals surface area contributed by atoms with Gasteiger partial charge in [-0.25, -0.2) is 18.7 Å². The Kier molecular flexibility index (Phi) is 9.69. The van der Waals surface area contributed by atoms with Crippen molar-refractivity contribution < 1.29 is 27.8 Å². The van der Waals surface area contributed by atoms with E-state index in [4.69, 9.17) is 21.1 Å². The Hall–Kier alpha value is -3.87. The molecular weight excluding hydrogens is 558 g/mol. The van der Waals surface area contributed by atoms with E-state index in [0.29, 0.717) is 48.3 Å². The molecule has 2 N–H and O–H groups in total. The second-order valence-corrected chi connectivity index (χ2v) is 10.1. The number of amides is 2. The Balaban J connectivity index is 1.58. The van der Waals surface area contributed by atoms with Crippen LogP contribution in [0.1, 0.15) is 12.8 Å². The number of hydrogen-bond acceptors (Lipinski definition) is 9. The van der Waals surface area contributed by atoms with Gasteiger partial charge in [0.2, 0.25) is 5.91 Å². The molecule has 4 rings (SSSR count). The van der Waals surface area contributed by atoms with Crippen molar-refractivity contribution in [1.29, 1.82) is 0 Å². The standard InChI is InChI=1S/C28H31ClF2N6O4/c1-5-24(38)37(11-10-36(2)3)28(39)21-12-16(8-9-32-21)41-23-13-17-20(14-22(23)40-4)33-15-34-27(17)35-19-7-6-18(30)25(29)26(19)31/h5-7,13-16,21,32H,1,8-12H2,2-4H3,(H,33,34,35). The Morgan fingerprint density at radius 3 is 2.71 bits per heavy atom. The second-order valence-electron chi connectivity index (χ2n) is 9.70. The lowest BCUT2D eigenvalue weighted by Gasteiger charge is -2.33. The molecule has 0 radical (unpaired) electrons. The van der Waals surface area contributed by atoms with Crippen LogP contribution in [0.4, 0.5) is 20.3 Å². The molecule has 3 aromatic rings. The van der Waals surface area contributed by atoms with Crippen molar-refractivity contribution >= 4 is 45.8 Å². The third kappa shape index (κ3) is 6.89. The lowest BCUT2D eigenvalue weighted by atomic mass is 10.00. The predicted molar refractivity (Wildman–Crippen MR) is 152 cm³/mol. The molecule has 1 saturated heterocycles. The van der Waals surface area contributed by atoms with Crippen molar-refractivity contribution in [2.45, 2.75) is 25.0 Å². The summed E-state index contributed by atoms with van der Waals surface area (Å²) in [5.41, 5.74) is 0.417. The summed E-state index contributed by atoms with van der Waals surface area (Å²) < 4.78 is 40.1. The van der Waals surface area contributed by atoms with Crippen LogP contribution in [-0.2, 0) is 9.59 Å². The number of likely N-dealkylation sites (N-methyl/N-ethyl adjacent to an activating group) is 1. The SMILES string of the molecule is C=CC(=O)N(CCN(C)C)C(=O)C1CC(Oc2cc3c(Nc4ccc(F)c(Cl)c4F)ncnc3cc2OC)CCN1. The predicted octanol–water partition coefficient (Wildman–Crippen LogP) is 3.92. The van der Waals surface area contributed by atoms with Gasteiger partial charge < -0.3 is 25.0 Å². The maximum atomic E-state index is 14.6. The molecule has 41 heavy (non-hydrogen) atoms. The summed E-state index contributed by atoms with van der Waals surface area (Å²) in [7, 11) is 5.21. The highest BCUT2D eigenvalue weighted by molar-refractivity contribution is 6.31. The van der Waals surface area contributed by atoms with E-state index in [2.05, 4.69) is 27.2 Å². The van der Waals surface area contributed by atoms with Gasteiger partial charge in [-0.2, -0.15) is 0 Å². The van der Waals surface area contributed by atoms with Crippen LogP contribution in [0.5, 0.6) is 11.5 Å². The largest absolute Gasteiger partial charge is 0.493 e. The Bertz CT molecular complexity index is 1460. The summed E-state index contributed by atoms with van der Waals surface area (Å²) in [6.07, 6.45) is 2.93. The molecule has 0 saturated carbocycles. The summed E-state index contributed by atoms with van der Waals surface area (Å²) in [5, 5.41) is 5.88. The van der Waals surface area contributed by atoms with Gasteiger partial charge in [-0.3, -0.25) is 14.5 Å². The van der Waals surface area contributed by atoms with E-state index in [0.717, 1.165) is 12.1 Å². The number of carbonyl (C=O) groups is 2. The molecular formula is C28H31ClF2N6O4. The van der Waals surface area contributed by atoms with Gasteiger partial charge in [-0.15, -0.1) is 0 Å². The van der Waals surface area contributed by atoms with Crippen LogP contribution in [0.2, 0.25) is 5.02 Å². The first-order chi connectivity index (χ1) is 19.6. The molecule has 2 amide bonds. The fourth-order valence-electron chi connectivity index (χ4n) is 4.45. The van der Waals surface area contributed by atoms with E-state index in [1.54, 1.807) is 12.1 Å². The maximum Gasteiger partial charge on any atom is 0.252 e. The summed E-state index contributed by atoms with van der Waals surface area (Å²) >= 11 is 5.73. The van der Waals surface area contributed by atoms with Crippen molar-refractivity contribution in [3.05, 3.63) is 59.9 Å².